The maximum Gasteiger partial charge on any atom is 0.257 e. The number of nitrogens with zero attached hydrogens (tertiary/aromatic N) is 1. The van der Waals surface area contributed by atoms with Crippen molar-refractivity contribution in [3.63, 3.8) is 0 Å². The third-order valence-corrected chi connectivity index (χ3v) is 5.80. The number of fused-ring (bicyclic) bond motifs is 2. The minimum atomic E-state index is -0.0315. The highest BCUT2D eigenvalue weighted by atomic mass is 16.5. The summed E-state index contributed by atoms with van der Waals surface area (Å²) in [7, 11) is 0. The summed E-state index contributed by atoms with van der Waals surface area (Å²) in [6.45, 7) is 1.42. The van der Waals surface area contributed by atoms with Gasteiger partial charge in [-0.15, -0.1) is 0 Å². The molecule has 5 nitrogen and oxygen atoms in total. The molecule has 1 atom stereocenters. The third-order valence-electron chi connectivity index (χ3n) is 5.80. The highest BCUT2D eigenvalue weighted by molar-refractivity contribution is 5.99. The maximum atomic E-state index is 13.1. The fraction of sp³-hybridized carbons (Fsp3) is 0.417. The summed E-state index contributed by atoms with van der Waals surface area (Å²) >= 11 is 0. The Hall–Kier alpha value is -2.82. The molecule has 2 aliphatic rings. The van der Waals surface area contributed by atoms with Crippen LogP contribution in [-0.4, -0.2) is 35.9 Å². The van der Waals surface area contributed by atoms with Crippen LogP contribution in [0.1, 0.15) is 54.4 Å². The Morgan fingerprint density at radius 1 is 1.10 bits per heavy atom. The van der Waals surface area contributed by atoms with E-state index in [1.165, 1.54) is 12.0 Å². The zero-order chi connectivity index (χ0) is 20.1. The Bertz CT molecular complexity index is 866. The minimum Gasteiger partial charge on any atom is -0.493 e. The molecule has 0 aromatic heterocycles. The van der Waals surface area contributed by atoms with Crippen LogP contribution in [0.25, 0.3) is 0 Å². The van der Waals surface area contributed by atoms with Gasteiger partial charge in [-0.25, -0.2) is 0 Å². The SMILES string of the molecule is O=C(CCCc1ccccc1)Nc1ccc2c(c1)C(=O)N1CCCCC1CCO2. The largest absolute Gasteiger partial charge is 0.493 e. The van der Waals surface area contributed by atoms with Crippen molar-refractivity contribution in [3.8, 4) is 5.75 Å². The second-order valence-electron chi connectivity index (χ2n) is 7.88. The van der Waals surface area contributed by atoms with Crippen LogP contribution in [0.3, 0.4) is 0 Å². The molecule has 0 spiro atoms. The van der Waals surface area contributed by atoms with E-state index >= 15 is 0 Å². The number of amides is 2. The quantitative estimate of drug-likeness (QED) is 0.819. The van der Waals surface area contributed by atoms with E-state index in [1.807, 2.05) is 29.2 Å². The van der Waals surface area contributed by atoms with Crippen LogP contribution in [0.15, 0.2) is 48.5 Å². The van der Waals surface area contributed by atoms with Crippen LogP contribution in [0.5, 0.6) is 5.75 Å². The maximum absolute atomic E-state index is 13.1. The van der Waals surface area contributed by atoms with Crippen LogP contribution in [0.4, 0.5) is 5.69 Å². The van der Waals surface area contributed by atoms with Crippen molar-refractivity contribution in [1.82, 2.24) is 4.90 Å². The first-order chi connectivity index (χ1) is 14.2. The number of rotatable bonds is 5. The van der Waals surface area contributed by atoms with Gasteiger partial charge < -0.3 is 15.0 Å². The first kappa shape index (κ1) is 19.5. The summed E-state index contributed by atoms with van der Waals surface area (Å²) in [6.07, 6.45) is 6.26. The molecule has 1 unspecified atom stereocenters. The lowest BCUT2D eigenvalue weighted by molar-refractivity contribution is -0.116. The van der Waals surface area contributed by atoms with Gasteiger partial charge in [0.1, 0.15) is 5.75 Å². The van der Waals surface area contributed by atoms with Crippen LogP contribution in [0, 0.1) is 0 Å². The Labute approximate surface area is 172 Å². The Kier molecular flexibility index (Phi) is 6.13. The predicted molar refractivity (Wildman–Crippen MR) is 113 cm³/mol. The standard InChI is InChI=1S/C24H28N2O3/c27-23(11-6-9-18-7-2-1-3-8-18)25-19-12-13-22-21(17-19)24(28)26-15-5-4-10-20(26)14-16-29-22/h1-3,7-8,12-13,17,20H,4-6,9-11,14-16H2,(H,25,27). The molecular formula is C24H28N2O3. The van der Waals surface area contributed by atoms with Gasteiger partial charge in [-0.1, -0.05) is 30.3 Å². The van der Waals surface area contributed by atoms with E-state index in [9.17, 15) is 9.59 Å². The number of nitrogens with one attached hydrogen (secondary N) is 1. The normalized spacial score (nSPS) is 18.7. The zero-order valence-corrected chi connectivity index (χ0v) is 16.7. The highest BCUT2D eigenvalue weighted by Gasteiger charge is 2.31. The molecule has 0 saturated carbocycles. The molecule has 0 radical (unpaired) electrons. The molecule has 1 fully saturated rings. The summed E-state index contributed by atoms with van der Waals surface area (Å²) in [4.78, 5) is 27.5. The van der Waals surface area contributed by atoms with E-state index in [-0.39, 0.29) is 17.9 Å². The molecule has 29 heavy (non-hydrogen) atoms. The molecule has 1 N–H and O–H groups in total. The van der Waals surface area contributed by atoms with E-state index in [2.05, 4.69) is 17.4 Å². The van der Waals surface area contributed by atoms with E-state index < -0.39 is 0 Å². The van der Waals surface area contributed by atoms with Gasteiger partial charge in [0.2, 0.25) is 5.91 Å². The summed E-state index contributed by atoms with van der Waals surface area (Å²) in [6, 6.07) is 15.8. The van der Waals surface area contributed by atoms with Crippen LogP contribution in [0.2, 0.25) is 0 Å². The van der Waals surface area contributed by atoms with Gasteiger partial charge in [0, 0.05) is 31.1 Å². The molecule has 2 aromatic rings. The Balaban J connectivity index is 1.40. The molecule has 1 saturated heterocycles. The second kappa shape index (κ2) is 9.12. The summed E-state index contributed by atoms with van der Waals surface area (Å²) in [5.74, 6) is 0.599. The van der Waals surface area contributed by atoms with Crippen LogP contribution in [-0.2, 0) is 11.2 Å². The van der Waals surface area contributed by atoms with Gasteiger partial charge in [-0.05, 0) is 55.9 Å². The van der Waals surface area contributed by atoms with E-state index in [1.54, 1.807) is 12.1 Å². The van der Waals surface area contributed by atoms with E-state index in [0.717, 1.165) is 38.6 Å². The third kappa shape index (κ3) is 4.78. The molecular weight excluding hydrogens is 364 g/mol. The minimum absolute atomic E-state index is 0.0181. The Morgan fingerprint density at radius 2 is 1.97 bits per heavy atom. The fourth-order valence-corrected chi connectivity index (χ4v) is 4.25. The molecule has 152 valence electrons. The van der Waals surface area contributed by atoms with Crippen molar-refractivity contribution < 1.29 is 14.3 Å². The number of hydrogen-bond acceptors (Lipinski definition) is 3. The molecule has 2 amide bonds. The molecule has 2 heterocycles. The average Bonchev–Trinajstić information content (AvgIpc) is 2.74. The van der Waals surface area contributed by atoms with Gasteiger partial charge in [0.15, 0.2) is 0 Å². The monoisotopic (exact) mass is 392 g/mol. The number of anilines is 1. The smallest absolute Gasteiger partial charge is 0.257 e. The molecule has 2 aromatic carbocycles. The van der Waals surface area contributed by atoms with Gasteiger partial charge in [-0.3, -0.25) is 9.59 Å². The number of carbonyl (C=O) groups is 2. The van der Waals surface area contributed by atoms with Crippen LogP contribution >= 0.6 is 0 Å². The van der Waals surface area contributed by atoms with Crippen molar-refractivity contribution in [2.45, 2.75) is 51.0 Å². The summed E-state index contributed by atoms with van der Waals surface area (Å²) in [5.41, 5.74) is 2.44. The van der Waals surface area contributed by atoms with Crippen molar-refractivity contribution in [2.75, 3.05) is 18.5 Å². The predicted octanol–water partition coefficient (Wildman–Crippen LogP) is 4.43. The van der Waals surface area contributed by atoms with Gasteiger partial charge in [0.25, 0.3) is 5.91 Å². The molecule has 0 aliphatic carbocycles. The number of benzene rings is 2. The first-order valence-corrected chi connectivity index (χ1v) is 10.6. The number of carbonyl (C=O) groups excluding carboxylic acids is 2. The van der Waals surface area contributed by atoms with Crippen LogP contribution < -0.4 is 10.1 Å². The van der Waals surface area contributed by atoms with Crippen molar-refractivity contribution >= 4 is 17.5 Å². The van der Waals surface area contributed by atoms with E-state index in [0.29, 0.717) is 30.0 Å². The number of ether oxygens (including phenoxy) is 1. The topological polar surface area (TPSA) is 58.6 Å². The lowest BCUT2D eigenvalue weighted by Crippen LogP contribution is -2.45. The van der Waals surface area contributed by atoms with E-state index in [4.69, 9.17) is 4.74 Å². The average molecular weight is 392 g/mol. The lowest BCUT2D eigenvalue weighted by atomic mass is 9.97. The highest BCUT2D eigenvalue weighted by Crippen LogP contribution is 2.31. The number of aryl methyl sites for hydroxylation is 1. The lowest BCUT2D eigenvalue weighted by Gasteiger charge is -2.37. The zero-order valence-electron chi connectivity index (χ0n) is 16.7. The molecule has 5 heteroatoms. The molecule has 4 rings (SSSR count). The number of piperidine rings is 1. The van der Waals surface area contributed by atoms with Gasteiger partial charge >= 0.3 is 0 Å². The van der Waals surface area contributed by atoms with Crippen molar-refractivity contribution in [1.29, 1.82) is 0 Å². The second-order valence-corrected chi connectivity index (χ2v) is 7.88. The molecule has 2 aliphatic heterocycles. The van der Waals surface area contributed by atoms with Gasteiger partial charge in [0.05, 0.1) is 12.2 Å². The summed E-state index contributed by atoms with van der Waals surface area (Å²) < 4.78 is 5.86. The van der Waals surface area contributed by atoms with Crippen molar-refractivity contribution in [3.05, 3.63) is 59.7 Å². The van der Waals surface area contributed by atoms with Gasteiger partial charge in [-0.2, -0.15) is 0 Å². The summed E-state index contributed by atoms with van der Waals surface area (Å²) in [5, 5.41) is 2.94. The number of hydrogen-bond donors (Lipinski definition) is 1. The molecule has 0 bridgehead atoms. The van der Waals surface area contributed by atoms with Crippen molar-refractivity contribution in [2.24, 2.45) is 0 Å². The first-order valence-electron chi connectivity index (χ1n) is 10.6. The fourth-order valence-electron chi connectivity index (χ4n) is 4.25. The Morgan fingerprint density at radius 3 is 2.83 bits per heavy atom.